The van der Waals surface area contributed by atoms with Crippen LogP contribution >= 0.6 is 0 Å². The number of aryl methyl sites for hydroxylation is 2. The molecule has 2 heterocycles. The van der Waals surface area contributed by atoms with Gasteiger partial charge in [0.25, 0.3) is 0 Å². The van der Waals surface area contributed by atoms with Crippen molar-refractivity contribution in [1.29, 1.82) is 0 Å². The number of anilines is 1. The van der Waals surface area contributed by atoms with Crippen molar-refractivity contribution in [2.75, 3.05) is 31.5 Å². The molecule has 8 heteroatoms. The molecule has 0 radical (unpaired) electrons. The predicted molar refractivity (Wildman–Crippen MR) is 119 cm³/mol. The molecule has 0 spiro atoms. The zero-order chi connectivity index (χ0) is 22.5. The Morgan fingerprint density at radius 1 is 1.06 bits per heavy atom. The van der Waals surface area contributed by atoms with Crippen LogP contribution in [0.1, 0.15) is 17.9 Å². The largest absolute Gasteiger partial charge is 0.441 e. The number of nitrogens with one attached hydrogen (secondary N) is 1. The highest BCUT2D eigenvalue weighted by molar-refractivity contribution is 5.89. The van der Waals surface area contributed by atoms with Gasteiger partial charge in [-0.3, -0.25) is 4.79 Å². The summed E-state index contributed by atoms with van der Waals surface area (Å²) in [4.78, 5) is 32.7. The highest BCUT2D eigenvalue weighted by Crippen LogP contribution is 2.23. The van der Waals surface area contributed by atoms with Crippen LogP contribution in [0, 0.1) is 12.7 Å². The topological polar surface area (TPSA) is 78.7 Å². The molecule has 7 nitrogen and oxygen atoms in total. The number of nitrogens with zero attached hydrogens (tertiary/aromatic N) is 3. The molecule has 0 saturated carbocycles. The molecular weight excluding hydrogens is 411 g/mol. The average Bonchev–Trinajstić information content (AvgIpc) is 3.27. The Hall–Kier alpha value is -3.68. The molecule has 166 valence electrons. The molecule has 1 aliphatic heterocycles. The Morgan fingerprint density at radius 2 is 1.81 bits per heavy atom. The second-order valence-corrected chi connectivity index (χ2v) is 7.77. The van der Waals surface area contributed by atoms with Gasteiger partial charge in [0.2, 0.25) is 5.91 Å². The van der Waals surface area contributed by atoms with Crippen LogP contribution in [0.2, 0.25) is 0 Å². The monoisotopic (exact) mass is 436 g/mol. The molecule has 0 aliphatic carbocycles. The third-order valence-electron chi connectivity index (χ3n) is 5.43. The fourth-order valence-electron chi connectivity index (χ4n) is 3.67. The number of urea groups is 1. The molecule has 1 aliphatic rings. The first-order valence-corrected chi connectivity index (χ1v) is 10.6. The SMILES string of the molecule is Cc1cccc(NC(=O)N2CCN(C(=O)CCc3ncc(-c4ccccc4F)o3)CC2)c1. The minimum absolute atomic E-state index is 0.0191. The maximum absolute atomic E-state index is 13.9. The van der Waals surface area contributed by atoms with Gasteiger partial charge in [-0.05, 0) is 36.8 Å². The van der Waals surface area contributed by atoms with Crippen molar-refractivity contribution < 1.29 is 18.4 Å². The number of piperazine rings is 1. The molecule has 4 rings (SSSR count). The minimum atomic E-state index is -0.379. The van der Waals surface area contributed by atoms with E-state index in [0.717, 1.165) is 11.3 Å². The second-order valence-electron chi connectivity index (χ2n) is 7.77. The summed E-state index contributed by atoms with van der Waals surface area (Å²) < 4.78 is 19.5. The van der Waals surface area contributed by atoms with E-state index in [9.17, 15) is 14.0 Å². The van der Waals surface area contributed by atoms with E-state index in [-0.39, 0.29) is 24.2 Å². The number of oxazole rings is 1. The first kappa shape index (κ1) is 21.5. The highest BCUT2D eigenvalue weighted by Gasteiger charge is 2.24. The summed E-state index contributed by atoms with van der Waals surface area (Å²) >= 11 is 0. The van der Waals surface area contributed by atoms with Crippen LogP contribution in [0.15, 0.2) is 59.1 Å². The number of carbonyl (C=O) groups is 2. The molecule has 32 heavy (non-hydrogen) atoms. The smallest absolute Gasteiger partial charge is 0.321 e. The van der Waals surface area contributed by atoms with Gasteiger partial charge < -0.3 is 19.5 Å². The number of rotatable bonds is 5. The van der Waals surface area contributed by atoms with Gasteiger partial charge in [0.1, 0.15) is 5.82 Å². The van der Waals surface area contributed by atoms with E-state index >= 15 is 0 Å². The van der Waals surface area contributed by atoms with E-state index in [4.69, 9.17) is 4.42 Å². The van der Waals surface area contributed by atoms with Crippen molar-refractivity contribution in [2.45, 2.75) is 19.8 Å². The first-order valence-electron chi connectivity index (χ1n) is 10.6. The second kappa shape index (κ2) is 9.64. The lowest BCUT2D eigenvalue weighted by atomic mass is 10.2. The molecule has 2 aromatic carbocycles. The lowest BCUT2D eigenvalue weighted by Gasteiger charge is -2.34. The zero-order valence-corrected chi connectivity index (χ0v) is 17.9. The number of benzene rings is 2. The van der Waals surface area contributed by atoms with Crippen molar-refractivity contribution in [3.63, 3.8) is 0 Å². The molecule has 0 atom stereocenters. The molecule has 1 fully saturated rings. The Kier molecular flexibility index (Phi) is 6.49. The van der Waals surface area contributed by atoms with Gasteiger partial charge >= 0.3 is 6.03 Å². The summed E-state index contributed by atoms with van der Waals surface area (Å²) in [7, 11) is 0. The summed E-state index contributed by atoms with van der Waals surface area (Å²) in [5, 5.41) is 2.90. The number of aromatic nitrogens is 1. The number of hydrogen-bond donors (Lipinski definition) is 1. The van der Waals surface area contributed by atoms with Crippen LogP contribution in [-0.4, -0.2) is 52.9 Å². The van der Waals surface area contributed by atoms with E-state index in [1.807, 2.05) is 31.2 Å². The van der Waals surface area contributed by atoms with Crippen LogP contribution in [0.25, 0.3) is 11.3 Å². The van der Waals surface area contributed by atoms with Crippen LogP contribution < -0.4 is 5.32 Å². The van der Waals surface area contributed by atoms with E-state index in [1.165, 1.54) is 12.3 Å². The van der Waals surface area contributed by atoms with Crippen molar-refractivity contribution in [3.05, 3.63) is 72.0 Å². The number of carbonyl (C=O) groups excluding carboxylic acids is 2. The molecule has 1 saturated heterocycles. The predicted octanol–water partition coefficient (Wildman–Crippen LogP) is 4.10. The zero-order valence-electron chi connectivity index (χ0n) is 17.9. The van der Waals surface area contributed by atoms with E-state index in [0.29, 0.717) is 49.8 Å². The number of halogens is 1. The van der Waals surface area contributed by atoms with Crippen molar-refractivity contribution in [1.82, 2.24) is 14.8 Å². The molecule has 1 aromatic heterocycles. The highest BCUT2D eigenvalue weighted by atomic mass is 19.1. The first-order chi connectivity index (χ1) is 15.5. The molecule has 3 aromatic rings. The van der Waals surface area contributed by atoms with Gasteiger partial charge in [0.15, 0.2) is 11.7 Å². The van der Waals surface area contributed by atoms with Gasteiger partial charge in [-0.15, -0.1) is 0 Å². The lowest BCUT2D eigenvalue weighted by Crippen LogP contribution is -2.51. The fraction of sp³-hybridized carbons (Fsp3) is 0.292. The Labute approximate surface area is 185 Å². The molecule has 0 bridgehead atoms. The molecule has 3 amide bonds. The lowest BCUT2D eigenvalue weighted by molar-refractivity contribution is -0.132. The maximum atomic E-state index is 13.9. The Balaban J connectivity index is 1.24. The van der Waals surface area contributed by atoms with Crippen LogP contribution in [0.3, 0.4) is 0 Å². The van der Waals surface area contributed by atoms with E-state index < -0.39 is 0 Å². The van der Waals surface area contributed by atoms with Crippen molar-refractivity contribution in [2.24, 2.45) is 0 Å². The summed E-state index contributed by atoms with van der Waals surface area (Å²) in [5.41, 5.74) is 2.18. The average molecular weight is 436 g/mol. The molecule has 1 N–H and O–H groups in total. The normalized spacial score (nSPS) is 13.8. The summed E-state index contributed by atoms with van der Waals surface area (Å²) in [6, 6.07) is 13.8. The summed E-state index contributed by atoms with van der Waals surface area (Å²) in [6.45, 7) is 3.87. The van der Waals surface area contributed by atoms with Gasteiger partial charge in [-0.2, -0.15) is 0 Å². The van der Waals surface area contributed by atoms with Gasteiger partial charge in [0.05, 0.1) is 11.8 Å². The van der Waals surface area contributed by atoms with Crippen LogP contribution in [0.5, 0.6) is 0 Å². The van der Waals surface area contributed by atoms with Crippen LogP contribution in [-0.2, 0) is 11.2 Å². The van der Waals surface area contributed by atoms with Gasteiger partial charge in [-0.25, -0.2) is 14.2 Å². The summed E-state index contributed by atoms with van der Waals surface area (Å²) in [5.74, 6) is 0.344. The van der Waals surface area contributed by atoms with Crippen LogP contribution in [0.4, 0.5) is 14.9 Å². The van der Waals surface area contributed by atoms with Gasteiger partial charge in [-0.1, -0.05) is 24.3 Å². The maximum Gasteiger partial charge on any atom is 0.321 e. The molecular formula is C24H25FN4O3. The fourth-order valence-corrected chi connectivity index (χ4v) is 3.67. The standard InChI is InChI=1S/C24H25FN4O3/c1-17-5-4-6-18(15-17)27-24(31)29-13-11-28(12-14-29)23(30)10-9-22-26-16-21(32-22)19-7-2-3-8-20(19)25/h2-8,15-16H,9-14H2,1H3,(H,27,31). The van der Waals surface area contributed by atoms with Gasteiger partial charge in [0, 0.05) is 44.7 Å². The van der Waals surface area contributed by atoms with Crippen molar-refractivity contribution in [3.8, 4) is 11.3 Å². The van der Waals surface area contributed by atoms with Crippen molar-refractivity contribution >= 4 is 17.6 Å². The Bertz CT molecular complexity index is 1110. The molecule has 0 unspecified atom stereocenters. The third kappa shape index (κ3) is 5.14. The Morgan fingerprint density at radius 3 is 2.56 bits per heavy atom. The number of hydrogen-bond acceptors (Lipinski definition) is 4. The minimum Gasteiger partial charge on any atom is -0.441 e. The summed E-state index contributed by atoms with van der Waals surface area (Å²) in [6.07, 6.45) is 2.05. The third-order valence-corrected chi connectivity index (χ3v) is 5.43. The van der Waals surface area contributed by atoms with E-state index in [1.54, 1.807) is 28.0 Å². The quantitative estimate of drug-likeness (QED) is 0.653. The number of amides is 3. The van der Waals surface area contributed by atoms with E-state index in [2.05, 4.69) is 10.3 Å².